The number of rotatable bonds is 6. The van der Waals surface area contributed by atoms with Gasteiger partial charge in [0.1, 0.15) is 17.0 Å². The van der Waals surface area contributed by atoms with Crippen LogP contribution in [0.4, 0.5) is 11.6 Å². The summed E-state index contributed by atoms with van der Waals surface area (Å²) in [5, 5.41) is 13.8. The van der Waals surface area contributed by atoms with Crippen LogP contribution in [0.15, 0.2) is 42.6 Å². The number of amides is 1. The maximum atomic E-state index is 12.9. The lowest BCUT2D eigenvalue weighted by Crippen LogP contribution is -2.59. The van der Waals surface area contributed by atoms with Crippen LogP contribution in [0.2, 0.25) is 0 Å². The zero-order valence-electron chi connectivity index (χ0n) is 19.4. The summed E-state index contributed by atoms with van der Waals surface area (Å²) in [7, 11) is 3.23. The summed E-state index contributed by atoms with van der Waals surface area (Å²) in [4.78, 5) is 26.3. The van der Waals surface area contributed by atoms with Crippen LogP contribution in [0, 0.1) is 0 Å². The van der Waals surface area contributed by atoms with E-state index < -0.39 is 0 Å². The molecular formula is C24H24N8O3. The number of H-pyrrole nitrogens is 1. The van der Waals surface area contributed by atoms with Gasteiger partial charge in [0.15, 0.2) is 0 Å². The predicted molar refractivity (Wildman–Crippen MR) is 128 cm³/mol. The van der Waals surface area contributed by atoms with Crippen molar-refractivity contribution in [3.05, 3.63) is 59.4 Å². The van der Waals surface area contributed by atoms with E-state index in [0.717, 1.165) is 35.6 Å². The minimum Gasteiger partial charge on any atom is -0.497 e. The topological polar surface area (TPSA) is 121 Å². The van der Waals surface area contributed by atoms with E-state index in [2.05, 4.69) is 30.6 Å². The van der Waals surface area contributed by atoms with Crippen molar-refractivity contribution in [2.45, 2.75) is 19.1 Å². The highest BCUT2D eigenvalue weighted by atomic mass is 16.5. The molecule has 11 nitrogen and oxygen atoms in total. The molecule has 0 atom stereocenters. The molecule has 6 rings (SSSR count). The maximum Gasteiger partial charge on any atom is 0.254 e. The average Bonchev–Trinajstić information content (AvgIpc) is 3.48. The second kappa shape index (κ2) is 8.51. The van der Waals surface area contributed by atoms with Gasteiger partial charge in [0.2, 0.25) is 5.95 Å². The summed E-state index contributed by atoms with van der Waals surface area (Å²) in [6.07, 6.45) is 1.87. The second-order valence-electron chi connectivity index (χ2n) is 8.70. The molecule has 4 aromatic rings. The lowest BCUT2D eigenvalue weighted by atomic mass is 10.0. The van der Waals surface area contributed by atoms with Gasteiger partial charge in [-0.05, 0) is 18.2 Å². The monoisotopic (exact) mass is 472 g/mol. The van der Waals surface area contributed by atoms with Gasteiger partial charge in [-0.15, -0.1) is 5.10 Å². The zero-order chi connectivity index (χ0) is 23.9. The van der Waals surface area contributed by atoms with Crippen LogP contribution in [-0.2, 0) is 13.1 Å². The molecule has 1 amide bonds. The molecule has 1 saturated heterocycles. The van der Waals surface area contributed by atoms with Crippen LogP contribution in [0.1, 0.15) is 21.6 Å². The smallest absolute Gasteiger partial charge is 0.254 e. The number of anilines is 2. The molecule has 35 heavy (non-hydrogen) atoms. The fourth-order valence-corrected chi connectivity index (χ4v) is 4.51. The van der Waals surface area contributed by atoms with E-state index in [9.17, 15) is 4.79 Å². The molecular weight excluding hydrogens is 448 g/mol. The van der Waals surface area contributed by atoms with E-state index >= 15 is 0 Å². The van der Waals surface area contributed by atoms with Crippen LogP contribution < -0.4 is 14.8 Å². The molecule has 0 saturated carbocycles. The third-order valence-electron chi connectivity index (χ3n) is 6.53. The minimum absolute atomic E-state index is 0.0165. The van der Waals surface area contributed by atoms with Gasteiger partial charge in [-0.3, -0.25) is 14.8 Å². The van der Waals surface area contributed by atoms with Crippen molar-refractivity contribution in [2.24, 2.45) is 0 Å². The summed E-state index contributed by atoms with van der Waals surface area (Å²) >= 11 is 0. The number of carbonyl (C=O) groups excluding carboxylic acids is 1. The number of hydrogen-bond acceptors (Lipinski definition) is 9. The summed E-state index contributed by atoms with van der Waals surface area (Å²) in [5.74, 6) is 1.91. The Kier molecular flexibility index (Phi) is 5.18. The normalized spacial score (nSPS) is 15.7. The highest BCUT2D eigenvalue weighted by molar-refractivity contribution is 5.97. The molecule has 0 spiro atoms. The second-order valence-corrected chi connectivity index (χ2v) is 8.70. The Balaban J connectivity index is 1.09. The number of methoxy groups -OCH3 is 2. The fraction of sp³-hybridized carbons (Fsp3) is 0.292. The van der Waals surface area contributed by atoms with Crippen molar-refractivity contribution >= 4 is 28.6 Å². The molecule has 2 aromatic carbocycles. The largest absolute Gasteiger partial charge is 0.497 e. The first kappa shape index (κ1) is 21.3. The van der Waals surface area contributed by atoms with Crippen molar-refractivity contribution in [1.82, 2.24) is 35.2 Å². The number of ether oxygens (including phenoxy) is 2. The van der Waals surface area contributed by atoms with Gasteiger partial charge in [0.25, 0.3) is 5.91 Å². The van der Waals surface area contributed by atoms with Crippen LogP contribution in [-0.4, -0.2) is 74.4 Å². The Bertz CT molecular complexity index is 1390. The highest BCUT2D eigenvalue weighted by Gasteiger charge is 2.38. The number of aromatic amines is 1. The van der Waals surface area contributed by atoms with Gasteiger partial charge in [-0.25, -0.2) is 9.97 Å². The number of carbonyl (C=O) groups is 1. The Morgan fingerprint density at radius 1 is 1.09 bits per heavy atom. The molecule has 2 N–H and O–H groups in total. The average molecular weight is 473 g/mol. The lowest BCUT2D eigenvalue weighted by molar-refractivity contribution is 0.0249. The number of benzene rings is 2. The van der Waals surface area contributed by atoms with E-state index in [4.69, 9.17) is 14.5 Å². The number of nitrogens with zero attached hydrogens (tertiary/aromatic N) is 6. The van der Waals surface area contributed by atoms with Gasteiger partial charge in [0, 0.05) is 73.4 Å². The first-order valence-electron chi connectivity index (χ1n) is 11.3. The molecule has 0 unspecified atom stereocenters. The fourth-order valence-electron chi connectivity index (χ4n) is 4.51. The first-order chi connectivity index (χ1) is 17.1. The van der Waals surface area contributed by atoms with E-state index in [1.165, 1.54) is 0 Å². The van der Waals surface area contributed by atoms with Gasteiger partial charge < -0.3 is 19.7 Å². The zero-order valence-corrected chi connectivity index (χ0v) is 19.4. The summed E-state index contributed by atoms with van der Waals surface area (Å²) in [6.45, 7) is 2.88. The molecule has 0 radical (unpaired) electrons. The minimum atomic E-state index is 0.0165. The number of aromatic nitrogens is 5. The molecule has 178 valence electrons. The van der Waals surface area contributed by atoms with Gasteiger partial charge >= 0.3 is 0 Å². The Morgan fingerprint density at radius 3 is 2.66 bits per heavy atom. The Labute approximate surface area is 201 Å². The number of nitrogens with one attached hydrogen (secondary N) is 2. The van der Waals surface area contributed by atoms with Crippen molar-refractivity contribution in [3.8, 4) is 11.5 Å². The van der Waals surface area contributed by atoms with Crippen molar-refractivity contribution in [1.29, 1.82) is 0 Å². The number of fused-ring (bicyclic) bond motifs is 2. The molecule has 0 bridgehead atoms. The van der Waals surface area contributed by atoms with E-state index in [0.29, 0.717) is 47.7 Å². The first-order valence-corrected chi connectivity index (χ1v) is 11.3. The van der Waals surface area contributed by atoms with Gasteiger partial charge in [-0.2, -0.15) is 0 Å². The SMILES string of the molecule is COc1cc(Nc2ncc3c(n2)CN(C2CN(C(=O)c4ccc5[nH]nnc5c4)C2)C3)cc(OC)c1. The van der Waals surface area contributed by atoms with E-state index in [1.807, 2.05) is 41.4 Å². The van der Waals surface area contributed by atoms with Crippen molar-refractivity contribution < 1.29 is 14.3 Å². The molecule has 2 aromatic heterocycles. The van der Waals surface area contributed by atoms with Crippen molar-refractivity contribution in [3.63, 3.8) is 0 Å². The molecule has 1 fully saturated rings. The maximum absolute atomic E-state index is 12.9. The Morgan fingerprint density at radius 2 is 1.89 bits per heavy atom. The Hall–Kier alpha value is -4.25. The highest BCUT2D eigenvalue weighted by Crippen LogP contribution is 2.30. The summed E-state index contributed by atoms with van der Waals surface area (Å²) in [6, 6.07) is 11.3. The van der Waals surface area contributed by atoms with Gasteiger partial charge in [-0.1, -0.05) is 5.21 Å². The van der Waals surface area contributed by atoms with Gasteiger partial charge in [0.05, 0.1) is 25.4 Å². The van der Waals surface area contributed by atoms with E-state index in [-0.39, 0.29) is 5.91 Å². The molecule has 2 aliphatic heterocycles. The van der Waals surface area contributed by atoms with Crippen LogP contribution >= 0.6 is 0 Å². The predicted octanol–water partition coefficient (Wildman–Crippen LogP) is 2.35. The van der Waals surface area contributed by atoms with Crippen LogP contribution in [0.5, 0.6) is 11.5 Å². The van der Waals surface area contributed by atoms with Crippen LogP contribution in [0.3, 0.4) is 0 Å². The molecule has 0 aliphatic carbocycles. The van der Waals surface area contributed by atoms with Crippen LogP contribution in [0.25, 0.3) is 11.0 Å². The molecule has 11 heteroatoms. The number of hydrogen-bond donors (Lipinski definition) is 2. The van der Waals surface area contributed by atoms with Crippen molar-refractivity contribution in [2.75, 3.05) is 32.6 Å². The summed E-state index contributed by atoms with van der Waals surface area (Å²) in [5.41, 5.74) is 5.04. The molecule has 4 heterocycles. The van der Waals surface area contributed by atoms with E-state index in [1.54, 1.807) is 20.3 Å². The standard InChI is InChI=1S/C24H24N8O3/c1-34-18-6-16(7-19(8-18)35-2)26-24-25-9-15-10-31(13-22(15)27-24)17-11-32(12-17)23(33)14-3-4-20-21(5-14)29-30-28-20/h3-9,17H,10-13H2,1-2H3,(H,25,26,27)(H,28,29,30). The lowest BCUT2D eigenvalue weighted by Gasteiger charge is -2.44. The number of likely N-dealkylation sites (tertiary alicyclic amines) is 1. The quantitative estimate of drug-likeness (QED) is 0.435. The third-order valence-corrected chi connectivity index (χ3v) is 6.53. The molecule has 2 aliphatic rings. The third kappa shape index (κ3) is 3.99. The summed E-state index contributed by atoms with van der Waals surface area (Å²) < 4.78 is 10.7.